The third-order valence-electron chi connectivity index (χ3n) is 10.9. The van der Waals surface area contributed by atoms with E-state index in [1.54, 1.807) is 41.8 Å². The summed E-state index contributed by atoms with van der Waals surface area (Å²) >= 11 is 2.89. The fraction of sp³-hybridized carbons (Fsp3) is 0.404. The Balaban J connectivity index is 0.855. The molecule has 0 aliphatic carbocycles. The maximum absolute atomic E-state index is 14.0. The highest BCUT2D eigenvalue weighted by molar-refractivity contribution is 7.14. The van der Waals surface area contributed by atoms with Crippen LogP contribution in [0.2, 0.25) is 0 Å². The van der Waals surface area contributed by atoms with Crippen LogP contribution >= 0.6 is 22.7 Å². The quantitative estimate of drug-likeness (QED) is 0.0535. The molecule has 1 aliphatic rings. The number of likely N-dealkylation sites (tertiary alicyclic amines) is 1. The summed E-state index contributed by atoms with van der Waals surface area (Å²) < 4.78 is 0. The third kappa shape index (κ3) is 13.1. The van der Waals surface area contributed by atoms with Crippen LogP contribution in [0.1, 0.15) is 104 Å². The van der Waals surface area contributed by atoms with Crippen LogP contribution in [-0.2, 0) is 20.9 Å². The fourth-order valence-electron chi connectivity index (χ4n) is 7.34. The second-order valence-corrected chi connectivity index (χ2v) is 18.6. The van der Waals surface area contributed by atoms with Gasteiger partial charge >= 0.3 is 0 Å². The van der Waals surface area contributed by atoms with Gasteiger partial charge in [-0.15, -0.1) is 22.7 Å². The summed E-state index contributed by atoms with van der Waals surface area (Å²) in [4.78, 5) is 81.5. The first kappa shape index (κ1) is 46.7. The summed E-state index contributed by atoms with van der Waals surface area (Å²) in [6.07, 6.45) is 6.34. The standard InChI is InChI=1S/C47H56N8O6S2/c1-30-40(63-29-51-30)32-17-15-31(16-18-32)26-50-44(60)38-25-35(56)27-55(38)45(61)41(47(2,3)4)53-39(57)14-9-7-5-6-8-11-24-49-42(58)33-19-21-34(22-20-33)43(59)54-46-52-37(28-62-46)36-13-10-12-23-48-36/h10,12-13,15-23,28-29,35,38,41,56H,5-9,11,14,24-27H2,1-4H3,(H,49,58)(H,50,60)(H,53,57)(H,52,54,59)/t35-,38?,41+/m1/s1. The van der Waals surface area contributed by atoms with E-state index in [1.807, 2.05) is 81.1 Å². The second-order valence-electron chi connectivity index (χ2n) is 16.9. The van der Waals surface area contributed by atoms with Crippen LogP contribution in [0.4, 0.5) is 5.13 Å². The van der Waals surface area contributed by atoms with Crippen molar-refractivity contribution in [1.82, 2.24) is 35.8 Å². The zero-order valence-electron chi connectivity index (χ0n) is 36.2. The summed E-state index contributed by atoms with van der Waals surface area (Å²) in [5.74, 6) is -1.48. The van der Waals surface area contributed by atoms with E-state index >= 15 is 0 Å². The summed E-state index contributed by atoms with van der Waals surface area (Å²) in [5.41, 5.74) is 6.40. The number of aryl methyl sites for hydroxylation is 1. The Labute approximate surface area is 376 Å². The molecule has 5 aromatic rings. The lowest BCUT2D eigenvalue weighted by molar-refractivity contribution is -0.144. The average Bonchev–Trinajstić information content (AvgIpc) is 4.04. The molecule has 6 rings (SSSR count). The van der Waals surface area contributed by atoms with Crippen LogP contribution in [0.25, 0.3) is 21.8 Å². The highest BCUT2D eigenvalue weighted by Crippen LogP contribution is 2.29. The van der Waals surface area contributed by atoms with Crippen LogP contribution in [0.5, 0.6) is 0 Å². The lowest BCUT2D eigenvalue weighted by Gasteiger charge is -2.35. The molecule has 16 heteroatoms. The van der Waals surface area contributed by atoms with Crippen molar-refractivity contribution in [2.75, 3.05) is 18.4 Å². The molecular formula is C47H56N8O6S2. The molecule has 5 N–H and O–H groups in total. The number of rotatable bonds is 19. The van der Waals surface area contributed by atoms with Crippen molar-refractivity contribution in [2.24, 2.45) is 5.41 Å². The first-order valence-electron chi connectivity index (χ1n) is 21.4. The van der Waals surface area contributed by atoms with Gasteiger partial charge in [-0.05, 0) is 72.7 Å². The number of anilines is 1. The van der Waals surface area contributed by atoms with Crippen LogP contribution in [0, 0.1) is 12.3 Å². The van der Waals surface area contributed by atoms with Gasteiger partial charge in [-0.3, -0.25) is 34.3 Å². The van der Waals surface area contributed by atoms with Crippen molar-refractivity contribution in [3.63, 3.8) is 0 Å². The zero-order chi connectivity index (χ0) is 44.9. The van der Waals surface area contributed by atoms with Gasteiger partial charge in [0.15, 0.2) is 5.13 Å². The van der Waals surface area contributed by atoms with Crippen LogP contribution in [0.15, 0.2) is 83.8 Å². The van der Waals surface area contributed by atoms with E-state index in [9.17, 15) is 29.1 Å². The van der Waals surface area contributed by atoms with Gasteiger partial charge in [0.2, 0.25) is 17.7 Å². The molecule has 4 heterocycles. The summed E-state index contributed by atoms with van der Waals surface area (Å²) in [5, 5.41) is 24.5. The minimum absolute atomic E-state index is 0.0175. The molecule has 0 spiro atoms. The Morgan fingerprint density at radius 3 is 2.19 bits per heavy atom. The molecule has 0 radical (unpaired) electrons. The number of nitrogens with one attached hydrogen (secondary N) is 4. The van der Waals surface area contributed by atoms with E-state index in [-0.39, 0.29) is 55.5 Å². The molecule has 3 atom stereocenters. The number of hydrogen-bond acceptors (Lipinski definition) is 11. The third-order valence-corrected chi connectivity index (χ3v) is 12.6. The molecule has 63 heavy (non-hydrogen) atoms. The number of carbonyl (C=O) groups is 5. The molecule has 14 nitrogen and oxygen atoms in total. The van der Waals surface area contributed by atoms with Gasteiger partial charge in [-0.2, -0.15) is 0 Å². The number of benzene rings is 2. The first-order chi connectivity index (χ1) is 30.3. The predicted octanol–water partition coefficient (Wildman–Crippen LogP) is 7.16. The Morgan fingerprint density at radius 2 is 1.52 bits per heavy atom. The number of aliphatic hydroxyl groups is 1. The molecule has 0 saturated carbocycles. The van der Waals surface area contributed by atoms with Gasteiger partial charge in [0.1, 0.15) is 17.8 Å². The van der Waals surface area contributed by atoms with Crippen molar-refractivity contribution in [1.29, 1.82) is 0 Å². The van der Waals surface area contributed by atoms with E-state index in [2.05, 4.69) is 36.2 Å². The number of nitrogens with zero attached hydrogens (tertiary/aromatic N) is 4. The topological polar surface area (TPSA) is 196 Å². The number of unbranched alkanes of at least 4 members (excludes halogenated alkanes) is 5. The number of hydrogen-bond donors (Lipinski definition) is 5. The number of pyridine rings is 1. The minimum atomic E-state index is -0.873. The predicted molar refractivity (Wildman–Crippen MR) is 246 cm³/mol. The molecule has 1 saturated heterocycles. The fourth-order valence-corrected chi connectivity index (χ4v) is 8.85. The number of carbonyl (C=O) groups excluding carboxylic acids is 5. The normalized spacial score (nSPS) is 15.4. The maximum atomic E-state index is 14.0. The molecule has 1 fully saturated rings. The van der Waals surface area contributed by atoms with E-state index in [1.165, 1.54) is 16.2 Å². The maximum Gasteiger partial charge on any atom is 0.257 e. The minimum Gasteiger partial charge on any atom is -0.391 e. The summed E-state index contributed by atoms with van der Waals surface area (Å²) in [6.45, 7) is 8.40. The number of thiazole rings is 2. The molecule has 1 aliphatic heterocycles. The lowest BCUT2D eigenvalue weighted by Crippen LogP contribution is -2.57. The van der Waals surface area contributed by atoms with Gasteiger partial charge in [-0.25, -0.2) is 9.97 Å². The van der Waals surface area contributed by atoms with E-state index in [0.717, 1.165) is 59.5 Å². The highest BCUT2D eigenvalue weighted by Gasteiger charge is 2.44. The monoisotopic (exact) mass is 892 g/mol. The van der Waals surface area contributed by atoms with E-state index in [0.29, 0.717) is 34.9 Å². The van der Waals surface area contributed by atoms with Crippen molar-refractivity contribution in [2.45, 2.75) is 104 Å². The van der Waals surface area contributed by atoms with Crippen molar-refractivity contribution < 1.29 is 29.1 Å². The van der Waals surface area contributed by atoms with Crippen LogP contribution < -0.4 is 21.3 Å². The SMILES string of the molecule is Cc1ncsc1-c1ccc(CNC(=O)C2C[C@@H](O)CN2C(=O)[C@H](NC(=O)CCCCCCCCNC(=O)c2ccc(C(=O)Nc3nc(-c4ccccn4)cs3)cc2)C(C)(C)C)cc1. The second kappa shape index (κ2) is 22.0. The molecule has 332 valence electrons. The largest absolute Gasteiger partial charge is 0.391 e. The first-order valence-corrected chi connectivity index (χ1v) is 23.1. The molecular weight excluding hydrogens is 837 g/mol. The zero-order valence-corrected chi connectivity index (χ0v) is 37.8. The summed E-state index contributed by atoms with van der Waals surface area (Å²) in [6, 6.07) is 18.2. The summed E-state index contributed by atoms with van der Waals surface area (Å²) in [7, 11) is 0. The van der Waals surface area contributed by atoms with Gasteiger partial charge in [0, 0.05) is 55.2 Å². The van der Waals surface area contributed by atoms with Crippen molar-refractivity contribution in [3.8, 4) is 21.8 Å². The van der Waals surface area contributed by atoms with Crippen molar-refractivity contribution >= 4 is 57.3 Å². The molecule has 3 aromatic heterocycles. The molecule has 2 aromatic carbocycles. The van der Waals surface area contributed by atoms with Crippen molar-refractivity contribution in [3.05, 3.63) is 106 Å². The Bertz CT molecular complexity index is 2330. The number of amides is 5. The van der Waals surface area contributed by atoms with Gasteiger partial charge < -0.3 is 26.0 Å². The Kier molecular flexibility index (Phi) is 16.3. The van der Waals surface area contributed by atoms with Gasteiger partial charge in [0.25, 0.3) is 11.8 Å². The van der Waals surface area contributed by atoms with Gasteiger partial charge in [-0.1, -0.05) is 76.8 Å². The molecule has 1 unspecified atom stereocenters. The smallest absolute Gasteiger partial charge is 0.257 e. The van der Waals surface area contributed by atoms with Crippen LogP contribution in [0.3, 0.4) is 0 Å². The number of β-amino-alcohol motifs (C(OH)–C–C–N with tert-alkyl or cyclic N) is 1. The average molecular weight is 893 g/mol. The van der Waals surface area contributed by atoms with Gasteiger partial charge in [0.05, 0.1) is 27.9 Å². The van der Waals surface area contributed by atoms with Crippen LogP contribution in [-0.4, -0.2) is 85.8 Å². The number of aromatic nitrogens is 3. The van der Waals surface area contributed by atoms with E-state index in [4.69, 9.17) is 0 Å². The Hall–Kier alpha value is -5.84. The Morgan fingerprint density at radius 1 is 0.825 bits per heavy atom. The molecule has 0 bridgehead atoms. The number of aliphatic hydroxyl groups excluding tert-OH is 1. The lowest BCUT2D eigenvalue weighted by atomic mass is 9.85. The highest BCUT2D eigenvalue weighted by atomic mass is 32.1. The van der Waals surface area contributed by atoms with E-state index < -0.39 is 23.6 Å². The molecule has 5 amide bonds.